The van der Waals surface area contributed by atoms with Gasteiger partial charge in [0.1, 0.15) is 6.10 Å². The van der Waals surface area contributed by atoms with E-state index >= 15 is 0 Å². The monoisotopic (exact) mass is 331 g/mol. The summed E-state index contributed by atoms with van der Waals surface area (Å²) >= 11 is 0. The minimum absolute atomic E-state index is 0.0318. The highest BCUT2D eigenvalue weighted by Crippen LogP contribution is 2.21. The molecule has 8 nitrogen and oxygen atoms in total. The highest BCUT2D eigenvalue weighted by Gasteiger charge is 2.24. The fourth-order valence-electron chi connectivity index (χ4n) is 2.90. The molecule has 0 bridgehead atoms. The van der Waals surface area contributed by atoms with Crippen LogP contribution in [0.5, 0.6) is 0 Å². The molecule has 130 valence electrons. The van der Waals surface area contributed by atoms with Gasteiger partial charge in [-0.25, -0.2) is 0 Å². The normalized spacial score (nSPS) is 18.9. The summed E-state index contributed by atoms with van der Waals surface area (Å²) in [5.41, 5.74) is 2.32. The second-order valence-electron chi connectivity index (χ2n) is 6.00. The Morgan fingerprint density at radius 2 is 2.08 bits per heavy atom. The number of ether oxygens (including phenoxy) is 1. The van der Waals surface area contributed by atoms with Gasteiger partial charge in [-0.15, -0.1) is 0 Å². The van der Waals surface area contributed by atoms with Crippen molar-refractivity contribution < 1.29 is 4.74 Å². The number of nitrogens with zero attached hydrogens (tertiary/aromatic N) is 6. The molecule has 3 heterocycles. The SMILES string of the molecule is CN=C(NCCc1cnn(C)c1)N1CCOC(c2cnn(C)c2)C1. The first-order valence-corrected chi connectivity index (χ1v) is 8.19. The summed E-state index contributed by atoms with van der Waals surface area (Å²) in [7, 11) is 5.67. The maximum Gasteiger partial charge on any atom is 0.193 e. The molecule has 0 spiro atoms. The summed E-state index contributed by atoms with van der Waals surface area (Å²) < 4.78 is 9.52. The molecule has 1 unspecified atom stereocenters. The molecular formula is C16H25N7O. The predicted octanol–water partition coefficient (Wildman–Crippen LogP) is 0.345. The second kappa shape index (κ2) is 7.48. The van der Waals surface area contributed by atoms with Crippen molar-refractivity contribution in [3.63, 3.8) is 0 Å². The lowest BCUT2D eigenvalue weighted by Crippen LogP contribution is -2.48. The number of hydrogen-bond donors (Lipinski definition) is 1. The summed E-state index contributed by atoms with van der Waals surface area (Å²) in [5, 5.41) is 11.9. The van der Waals surface area contributed by atoms with E-state index in [1.54, 1.807) is 4.68 Å². The number of nitrogens with one attached hydrogen (secondary N) is 1. The highest BCUT2D eigenvalue weighted by molar-refractivity contribution is 5.80. The van der Waals surface area contributed by atoms with Gasteiger partial charge in [0.05, 0.1) is 25.5 Å². The van der Waals surface area contributed by atoms with Crippen LogP contribution in [-0.2, 0) is 25.3 Å². The van der Waals surface area contributed by atoms with Gasteiger partial charge in [-0.2, -0.15) is 10.2 Å². The molecule has 1 fully saturated rings. The number of rotatable bonds is 4. The van der Waals surface area contributed by atoms with Gasteiger partial charge in [0.2, 0.25) is 0 Å². The topological polar surface area (TPSA) is 72.5 Å². The summed E-state index contributed by atoms with van der Waals surface area (Å²) in [4.78, 5) is 6.66. The smallest absolute Gasteiger partial charge is 0.193 e. The third-order valence-corrected chi connectivity index (χ3v) is 4.13. The Morgan fingerprint density at radius 1 is 1.29 bits per heavy atom. The first-order chi connectivity index (χ1) is 11.7. The van der Waals surface area contributed by atoms with E-state index in [2.05, 4.69) is 25.4 Å². The fourth-order valence-corrected chi connectivity index (χ4v) is 2.90. The molecule has 3 rings (SSSR count). The quantitative estimate of drug-likeness (QED) is 0.646. The van der Waals surface area contributed by atoms with Crippen LogP contribution in [0.2, 0.25) is 0 Å². The van der Waals surface area contributed by atoms with Crippen LogP contribution in [-0.4, -0.2) is 63.7 Å². The fraction of sp³-hybridized carbons (Fsp3) is 0.562. The number of aromatic nitrogens is 4. The van der Waals surface area contributed by atoms with Gasteiger partial charge in [-0.1, -0.05) is 0 Å². The number of guanidine groups is 1. The van der Waals surface area contributed by atoms with Crippen molar-refractivity contribution in [1.29, 1.82) is 0 Å². The molecule has 1 atom stereocenters. The molecule has 0 saturated carbocycles. The zero-order chi connectivity index (χ0) is 16.9. The number of aliphatic imine (C=N–C) groups is 1. The van der Waals surface area contributed by atoms with E-state index in [4.69, 9.17) is 4.74 Å². The zero-order valence-electron chi connectivity index (χ0n) is 14.5. The van der Waals surface area contributed by atoms with Crippen LogP contribution in [0.1, 0.15) is 17.2 Å². The highest BCUT2D eigenvalue weighted by atomic mass is 16.5. The molecule has 1 saturated heterocycles. The lowest BCUT2D eigenvalue weighted by atomic mass is 10.1. The molecule has 0 aliphatic carbocycles. The summed E-state index contributed by atoms with van der Waals surface area (Å²) in [6, 6.07) is 0. The zero-order valence-corrected chi connectivity index (χ0v) is 14.5. The summed E-state index contributed by atoms with van der Waals surface area (Å²) in [5.74, 6) is 0.913. The van der Waals surface area contributed by atoms with Crippen molar-refractivity contribution in [2.24, 2.45) is 19.1 Å². The first-order valence-electron chi connectivity index (χ1n) is 8.19. The van der Waals surface area contributed by atoms with E-state index in [-0.39, 0.29) is 6.10 Å². The molecule has 0 amide bonds. The lowest BCUT2D eigenvalue weighted by Gasteiger charge is -2.34. The van der Waals surface area contributed by atoms with Crippen molar-refractivity contribution in [3.8, 4) is 0 Å². The van der Waals surface area contributed by atoms with Crippen molar-refractivity contribution in [2.45, 2.75) is 12.5 Å². The second-order valence-corrected chi connectivity index (χ2v) is 6.00. The van der Waals surface area contributed by atoms with E-state index in [1.165, 1.54) is 5.56 Å². The molecule has 2 aromatic rings. The Balaban J connectivity index is 1.54. The van der Waals surface area contributed by atoms with Crippen molar-refractivity contribution in [1.82, 2.24) is 29.8 Å². The Hall–Kier alpha value is -2.35. The van der Waals surface area contributed by atoms with E-state index in [0.29, 0.717) is 6.61 Å². The maximum absolute atomic E-state index is 5.89. The molecule has 0 radical (unpaired) electrons. The van der Waals surface area contributed by atoms with Crippen LogP contribution in [0.3, 0.4) is 0 Å². The third kappa shape index (κ3) is 3.94. The Kier molecular flexibility index (Phi) is 5.14. The van der Waals surface area contributed by atoms with Gasteiger partial charge in [0.25, 0.3) is 0 Å². The third-order valence-electron chi connectivity index (χ3n) is 4.13. The molecule has 2 aromatic heterocycles. The van der Waals surface area contributed by atoms with Gasteiger partial charge in [-0.3, -0.25) is 14.4 Å². The van der Waals surface area contributed by atoms with Crippen LogP contribution in [0.25, 0.3) is 0 Å². The summed E-state index contributed by atoms with van der Waals surface area (Å²) in [6.07, 6.45) is 8.77. The Morgan fingerprint density at radius 3 is 2.75 bits per heavy atom. The standard InChI is InChI=1S/C16H25N7O/c1-17-16(18-5-4-13-8-19-21(2)10-13)23-6-7-24-15(12-23)14-9-20-22(3)11-14/h8-11,15H,4-7,12H2,1-3H3,(H,17,18). The summed E-state index contributed by atoms with van der Waals surface area (Å²) in [6.45, 7) is 3.12. The van der Waals surface area contributed by atoms with E-state index in [1.807, 2.05) is 50.6 Å². The van der Waals surface area contributed by atoms with Crippen LogP contribution in [0, 0.1) is 0 Å². The minimum atomic E-state index is 0.0318. The molecular weight excluding hydrogens is 306 g/mol. The first kappa shape index (κ1) is 16.5. The van der Waals surface area contributed by atoms with Gasteiger partial charge >= 0.3 is 0 Å². The largest absolute Gasteiger partial charge is 0.370 e. The van der Waals surface area contributed by atoms with Crippen LogP contribution in [0.4, 0.5) is 0 Å². The minimum Gasteiger partial charge on any atom is -0.370 e. The molecule has 0 aromatic carbocycles. The van der Waals surface area contributed by atoms with Crippen molar-refractivity contribution in [3.05, 3.63) is 35.9 Å². The number of morpholine rings is 1. The van der Waals surface area contributed by atoms with E-state index in [0.717, 1.165) is 37.6 Å². The lowest BCUT2D eigenvalue weighted by molar-refractivity contribution is -0.00800. The van der Waals surface area contributed by atoms with Crippen molar-refractivity contribution in [2.75, 3.05) is 33.3 Å². The Bertz CT molecular complexity index is 690. The van der Waals surface area contributed by atoms with Gasteiger partial charge < -0.3 is 15.0 Å². The van der Waals surface area contributed by atoms with Crippen LogP contribution < -0.4 is 5.32 Å². The van der Waals surface area contributed by atoms with Gasteiger partial charge in [0.15, 0.2) is 5.96 Å². The van der Waals surface area contributed by atoms with Crippen molar-refractivity contribution >= 4 is 5.96 Å². The Labute approximate surface area is 142 Å². The molecule has 8 heteroatoms. The van der Waals surface area contributed by atoms with Crippen LogP contribution >= 0.6 is 0 Å². The predicted molar refractivity (Wildman–Crippen MR) is 91.7 cm³/mol. The molecule has 24 heavy (non-hydrogen) atoms. The van der Waals surface area contributed by atoms with Gasteiger partial charge in [0, 0.05) is 52.2 Å². The average Bonchev–Trinajstić information content (AvgIpc) is 3.20. The van der Waals surface area contributed by atoms with Crippen LogP contribution in [0.15, 0.2) is 29.8 Å². The molecule has 1 N–H and O–H groups in total. The van der Waals surface area contributed by atoms with E-state index < -0.39 is 0 Å². The number of hydrogen-bond acceptors (Lipinski definition) is 4. The average molecular weight is 331 g/mol. The molecule has 1 aliphatic heterocycles. The molecule has 1 aliphatic rings. The van der Waals surface area contributed by atoms with Gasteiger partial charge in [-0.05, 0) is 12.0 Å². The maximum atomic E-state index is 5.89. The number of aryl methyl sites for hydroxylation is 2. The van der Waals surface area contributed by atoms with E-state index in [9.17, 15) is 0 Å².